The van der Waals surface area contributed by atoms with Crippen molar-refractivity contribution in [2.45, 2.75) is 13.8 Å². The molecule has 2 aromatic rings. The fraction of sp³-hybridized carbons (Fsp3) is 0.176. The molecule has 92 valence electrons. The van der Waals surface area contributed by atoms with Crippen LogP contribution in [0.3, 0.4) is 0 Å². The van der Waals surface area contributed by atoms with Gasteiger partial charge in [-0.05, 0) is 29.9 Å². The fourth-order valence-electron chi connectivity index (χ4n) is 1.78. The Morgan fingerprint density at radius 1 is 1.00 bits per heavy atom. The predicted molar refractivity (Wildman–Crippen MR) is 83.6 cm³/mol. The zero-order valence-corrected chi connectivity index (χ0v) is 11.7. The van der Waals surface area contributed by atoms with Crippen molar-refractivity contribution >= 4 is 22.7 Å². The number of hydrogen-bond donors (Lipinski definition) is 0. The van der Waals surface area contributed by atoms with Crippen molar-refractivity contribution in [2.24, 2.45) is 0 Å². The summed E-state index contributed by atoms with van der Waals surface area (Å²) in [6.07, 6.45) is 2.27. The third-order valence-electron chi connectivity index (χ3n) is 2.73. The maximum absolute atomic E-state index is 2.27. The van der Waals surface area contributed by atoms with Crippen molar-refractivity contribution in [3.05, 3.63) is 71.3 Å². The SMILES string of the molecule is CCS/C(=C\c1ccc(C)cc1)c1ccccc1. The van der Waals surface area contributed by atoms with E-state index < -0.39 is 0 Å². The topological polar surface area (TPSA) is 0 Å². The molecule has 0 unspecified atom stereocenters. The molecule has 1 heteroatoms. The second-order valence-corrected chi connectivity index (χ2v) is 5.52. The van der Waals surface area contributed by atoms with Crippen LogP contribution in [0.1, 0.15) is 23.6 Å². The van der Waals surface area contributed by atoms with Crippen molar-refractivity contribution in [1.82, 2.24) is 0 Å². The molecule has 0 fully saturated rings. The molecular weight excluding hydrogens is 236 g/mol. The van der Waals surface area contributed by atoms with Gasteiger partial charge >= 0.3 is 0 Å². The monoisotopic (exact) mass is 254 g/mol. The Morgan fingerprint density at radius 3 is 2.28 bits per heavy atom. The largest absolute Gasteiger partial charge is 0.126 e. The summed E-state index contributed by atoms with van der Waals surface area (Å²) in [5.41, 5.74) is 3.86. The zero-order valence-electron chi connectivity index (χ0n) is 10.9. The molecule has 0 saturated heterocycles. The van der Waals surface area contributed by atoms with Crippen LogP contribution in [0.25, 0.3) is 11.0 Å². The molecule has 0 aromatic heterocycles. The fourth-order valence-corrected chi connectivity index (χ4v) is 2.61. The van der Waals surface area contributed by atoms with Gasteiger partial charge in [0.15, 0.2) is 0 Å². The van der Waals surface area contributed by atoms with Gasteiger partial charge in [0.2, 0.25) is 0 Å². The van der Waals surface area contributed by atoms with E-state index in [2.05, 4.69) is 74.5 Å². The molecule has 0 aliphatic rings. The van der Waals surface area contributed by atoms with Gasteiger partial charge in [-0.25, -0.2) is 0 Å². The van der Waals surface area contributed by atoms with Crippen LogP contribution in [0.5, 0.6) is 0 Å². The highest BCUT2D eigenvalue weighted by atomic mass is 32.2. The van der Waals surface area contributed by atoms with Gasteiger partial charge in [0, 0.05) is 4.91 Å². The Labute approximate surface area is 114 Å². The Bertz CT molecular complexity index is 509. The molecular formula is C17H18S. The molecule has 0 aliphatic heterocycles. The molecule has 0 amide bonds. The summed E-state index contributed by atoms with van der Waals surface area (Å²) in [7, 11) is 0. The van der Waals surface area contributed by atoms with E-state index in [-0.39, 0.29) is 0 Å². The first-order chi connectivity index (χ1) is 8.79. The Hall–Kier alpha value is -1.47. The zero-order chi connectivity index (χ0) is 12.8. The molecule has 18 heavy (non-hydrogen) atoms. The average Bonchev–Trinajstić information content (AvgIpc) is 2.42. The van der Waals surface area contributed by atoms with Gasteiger partial charge in [0.25, 0.3) is 0 Å². The smallest absolute Gasteiger partial charge is 0.0150 e. The summed E-state index contributed by atoms with van der Waals surface area (Å²) in [6, 6.07) is 19.2. The van der Waals surface area contributed by atoms with E-state index in [0.717, 1.165) is 5.75 Å². The lowest BCUT2D eigenvalue weighted by Crippen LogP contribution is -1.82. The van der Waals surface area contributed by atoms with Crippen LogP contribution < -0.4 is 0 Å². The molecule has 0 heterocycles. The first kappa shape index (κ1) is 13.0. The highest BCUT2D eigenvalue weighted by Gasteiger charge is 2.01. The number of thioether (sulfide) groups is 1. The molecule has 2 rings (SSSR count). The molecule has 0 atom stereocenters. The summed E-state index contributed by atoms with van der Waals surface area (Å²) in [5.74, 6) is 1.09. The third kappa shape index (κ3) is 3.51. The molecule has 0 nitrogen and oxygen atoms in total. The maximum Gasteiger partial charge on any atom is 0.0150 e. The van der Waals surface area contributed by atoms with Crippen molar-refractivity contribution in [3.63, 3.8) is 0 Å². The van der Waals surface area contributed by atoms with Gasteiger partial charge in [-0.15, -0.1) is 11.8 Å². The van der Waals surface area contributed by atoms with Crippen LogP contribution in [-0.4, -0.2) is 5.75 Å². The highest BCUT2D eigenvalue weighted by molar-refractivity contribution is 8.08. The summed E-state index contributed by atoms with van der Waals surface area (Å²) in [4.78, 5) is 1.34. The summed E-state index contributed by atoms with van der Waals surface area (Å²) < 4.78 is 0. The Kier molecular flexibility index (Phi) is 4.66. The van der Waals surface area contributed by atoms with E-state index in [0.29, 0.717) is 0 Å². The van der Waals surface area contributed by atoms with Crippen LogP contribution in [-0.2, 0) is 0 Å². The minimum atomic E-state index is 1.09. The number of rotatable bonds is 4. The molecule has 0 saturated carbocycles. The maximum atomic E-state index is 2.27. The summed E-state index contributed by atoms with van der Waals surface area (Å²) >= 11 is 1.89. The van der Waals surface area contributed by atoms with Gasteiger partial charge in [0.1, 0.15) is 0 Å². The summed E-state index contributed by atoms with van der Waals surface area (Å²) in [5, 5.41) is 0. The lowest BCUT2D eigenvalue weighted by molar-refractivity contribution is 1.46. The van der Waals surface area contributed by atoms with Crippen molar-refractivity contribution in [2.75, 3.05) is 5.75 Å². The van der Waals surface area contributed by atoms with Gasteiger partial charge in [0.05, 0.1) is 0 Å². The number of aryl methyl sites for hydroxylation is 1. The number of hydrogen-bond acceptors (Lipinski definition) is 1. The quantitative estimate of drug-likeness (QED) is 0.672. The first-order valence-corrected chi connectivity index (χ1v) is 7.24. The average molecular weight is 254 g/mol. The minimum absolute atomic E-state index is 1.09. The predicted octanol–water partition coefficient (Wildman–Crippen LogP) is 5.25. The Morgan fingerprint density at radius 2 is 1.67 bits per heavy atom. The second-order valence-electron chi connectivity index (χ2n) is 4.22. The van der Waals surface area contributed by atoms with E-state index >= 15 is 0 Å². The molecule has 0 N–H and O–H groups in total. The molecule has 0 aliphatic carbocycles. The molecule has 0 bridgehead atoms. The molecule has 0 radical (unpaired) electrons. The van der Waals surface area contributed by atoms with Crippen LogP contribution in [0, 0.1) is 6.92 Å². The van der Waals surface area contributed by atoms with E-state index in [1.165, 1.54) is 21.6 Å². The lowest BCUT2D eigenvalue weighted by atomic mass is 10.1. The van der Waals surface area contributed by atoms with Crippen LogP contribution in [0.15, 0.2) is 54.6 Å². The second kappa shape index (κ2) is 6.46. The Balaban J connectivity index is 2.33. The van der Waals surface area contributed by atoms with Crippen LogP contribution in [0.2, 0.25) is 0 Å². The molecule has 0 spiro atoms. The normalized spacial score (nSPS) is 11.6. The number of benzene rings is 2. The van der Waals surface area contributed by atoms with Crippen molar-refractivity contribution in [1.29, 1.82) is 0 Å². The van der Waals surface area contributed by atoms with Gasteiger partial charge in [-0.3, -0.25) is 0 Å². The van der Waals surface area contributed by atoms with Crippen LogP contribution >= 0.6 is 11.8 Å². The van der Waals surface area contributed by atoms with E-state index in [1.54, 1.807) is 0 Å². The van der Waals surface area contributed by atoms with E-state index in [4.69, 9.17) is 0 Å². The van der Waals surface area contributed by atoms with Gasteiger partial charge < -0.3 is 0 Å². The molecule has 2 aromatic carbocycles. The third-order valence-corrected chi connectivity index (χ3v) is 3.69. The summed E-state index contributed by atoms with van der Waals surface area (Å²) in [6.45, 7) is 4.31. The van der Waals surface area contributed by atoms with E-state index in [9.17, 15) is 0 Å². The van der Waals surface area contributed by atoms with Crippen LogP contribution in [0.4, 0.5) is 0 Å². The van der Waals surface area contributed by atoms with Gasteiger partial charge in [-0.2, -0.15) is 0 Å². The van der Waals surface area contributed by atoms with Crippen molar-refractivity contribution in [3.8, 4) is 0 Å². The van der Waals surface area contributed by atoms with Crippen molar-refractivity contribution < 1.29 is 0 Å². The standard InChI is InChI=1S/C17H18S/c1-3-18-17(16-7-5-4-6-8-16)13-15-11-9-14(2)10-12-15/h4-13H,3H2,1-2H3/b17-13-. The highest BCUT2D eigenvalue weighted by Crippen LogP contribution is 2.29. The lowest BCUT2D eigenvalue weighted by Gasteiger charge is -2.06. The minimum Gasteiger partial charge on any atom is -0.126 e. The van der Waals surface area contributed by atoms with Gasteiger partial charge in [-0.1, -0.05) is 67.1 Å². The van der Waals surface area contributed by atoms with E-state index in [1.807, 2.05) is 11.8 Å². The first-order valence-electron chi connectivity index (χ1n) is 6.26.